The monoisotopic (exact) mass is 246 g/mol. The molecular formula is C7H7BrN2O3. The van der Waals surface area contributed by atoms with Crippen molar-refractivity contribution in [3.63, 3.8) is 0 Å². The van der Waals surface area contributed by atoms with E-state index in [0.29, 0.717) is 10.3 Å². The van der Waals surface area contributed by atoms with Crippen LogP contribution in [0.4, 0.5) is 0 Å². The first-order chi connectivity index (χ1) is 6.13. The molecule has 0 unspecified atom stereocenters. The van der Waals surface area contributed by atoms with Gasteiger partial charge in [-0.05, 0) is 15.9 Å². The fourth-order valence-electron chi connectivity index (χ4n) is 0.715. The summed E-state index contributed by atoms with van der Waals surface area (Å²) in [7, 11) is 1.28. The normalized spacial score (nSPS) is 9.69. The Morgan fingerprint density at radius 3 is 3.00 bits per heavy atom. The van der Waals surface area contributed by atoms with Crippen molar-refractivity contribution >= 4 is 21.9 Å². The molecule has 0 aliphatic heterocycles. The van der Waals surface area contributed by atoms with Crippen molar-refractivity contribution in [2.75, 3.05) is 7.11 Å². The summed E-state index contributed by atoms with van der Waals surface area (Å²) in [6, 6.07) is 0. The van der Waals surface area contributed by atoms with Crippen molar-refractivity contribution in [3.8, 4) is 0 Å². The minimum Gasteiger partial charge on any atom is -0.469 e. The van der Waals surface area contributed by atoms with E-state index in [1.807, 2.05) is 0 Å². The van der Waals surface area contributed by atoms with Crippen molar-refractivity contribution in [2.45, 2.75) is 6.42 Å². The number of aromatic nitrogens is 2. The average Bonchev–Trinajstić information content (AvgIpc) is 2.11. The molecule has 13 heavy (non-hydrogen) atoms. The standard InChI is InChI=1S/C7H7BrN2O3/c1-13-6(11)2-5-9-3-4(8)7(12)10-5/h3H,2H2,1H3,(H,9,10,12). The Balaban J connectivity index is 2.86. The molecule has 0 aliphatic carbocycles. The topological polar surface area (TPSA) is 72.0 Å². The van der Waals surface area contributed by atoms with Crippen LogP contribution in [0.2, 0.25) is 0 Å². The summed E-state index contributed by atoms with van der Waals surface area (Å²) < 4.78 is 4.75. The van der Waals surface area contributed by atoms with Crippen LogP contribution in [0.15, 0.2) is 15.5 Å². The highest BCUT2D eigenvalue weighted by Gasteiger charge is 2.05. The first kappa shape index (κ1) is 9.91. The number of carbonyl (C=O) groups excluding carboxylic acids is 1. The van der Waals surface area contributed by atoms with Gasteiger partial charge in [-0.2, -0.15) is 0 Å². The van der Waals surface area contributed by atoms with Gasteiger partial charge in [0, 0.05) is 6.20 Å². The Kier molecular flexibility index (Phi) is 3.18. The molecule has 1 heterocycles. The fourth-order valence-corrected chi connectivity index (χ4v) is 0.916. The minimum atomic E-state index is -0.439. The maximum absolute atomic E-state index is 11.0. The smallest absolute Gasteiger partial charge is 0.313 e. The lowest BCUT2D eigenvalue weighted by molar-refractivity contribution is -0.139. The van der Waals surface area contributed by atoms with E-state index in [1.165, 1.54) is 13.3 Å². The van der Waals surface area contributed by atoms with E-state index in [4.69, 9.17) is 0 Å². The van der Waals surface area contributed by atoms with E-state index < -0.39 is 5.97 Å². The first-order valence-electron chi connectivity index (χ1n) is 3.44. The van der Waals surface area contributed by atoms with Gasteiger partial charge in [-0.3, -0.25) is 9.59 Å². The lowest BCUT2D eigenvalue weighted by atomic mass is 10.4. The Morgan fingerprint density at radius 2 is 2.46 bits per heavy atom. The number of rotatable bonds is 2. The van der Waals surface area contributed by atoms with Crippen LogP contribution in [0, 0.1) is 0 Å². The predicted molar refractivity (Wildman–Crippen MR) is 48.3 cm³/mol. The van der Waals surface area contributed by atoms with Crippen LogP contribution in [-0.4, -0.2) is 23.0 Å². The summed E-state index contributed by atoms with van der Waals surface area (Å²) in [6.07, 6.45) is 1.32. The summed E-state index contributed by atoms with van der Waals surface area (Å²) in [5, 5.41) is 0. The molecule has 1 N–H and O–H groups in total. The highest BCUT2D eigenvalue weighted by molar-refractivity contribution is 9.10. The molecule has 0 bridgehead atoms. The Hall–Kier alpha value is -1.17. The second-order valence-electron chi connectivity index (χ2n) is 2.26. The molecule has 1 aromatic heterocycles. The Labute approximate surface area is 82.3 Å². The number of H-pyrrole nitrogens is 1. The highest BCUT2D eigenvalue weighted by atomic mass is 79.9. The summed E-state index contributed by atoms with van der Waals surface area (Å²) in [5.41, 5.74) is -0.311. The summed E-state index contributed by atoms with van der Waals surface area (Å²) >= 11 is 2.99. The van der Waals surface area contributed by atoms with Gasteiger partial charge < -0.3 is 9.72 Å². The van der Waals surface area contributed by atoms with Gasteiger partial charge in [0.1, 0.15) is 16.7 Å². The zero-order chi connectivity index (χ0) is 9.84. The summed E-state index contributed by atoms with van der Waals surface area (Å²) in [5.74, 6) is -0.148. The second-order valence-corrected chi connectivity index (χ2v) is 3.11. The minimum absolute atomic E-state index is 0.0288. The zero-order valence-corrected chi connectivity index (χ0v) is 8.42. The van der Waals surface area contributed by atoms with Crippen molar-refractivity contribution in [2.24, 2.45) is 0 Å². The molecule has 70 valence electrons. The predicted octanol–water partition coefficient (Wildman–Crippen LogP) is 0.248. The fraction of sp³-hybridized carbons (Fsp3) is 0.286. The molecule has 1 aromatic rings. The van der Waals surface area contributed by atoms with Crippen LogP contribution >= 0.6 is 15.9 Å². The number of carbonyl (C=O) groups is 1. The maximum atomic E-state index is 11.0. The quantitative estimate of drug-likeness (QED) is 0.760. The SMILES string of the molecule is COC(=O)Cc1ncc(Br)c(=O)[nH]1. The number of hydrogen-bond donors (Lipinski definition) is 1. The van der Waals surface area contributed by atoms with Gasteiger partial charge in [0.05, 0.1) is 7.11 Å². The van der Waals surface area contributed by atoms with E-state index in [1.54, 1.807) is 0 Å². The molecule has 0 saturated carbocycles. The van der Waals surface area contributed by atoms with Crippen LogP contribution in [0.3, 0.4) is 0 Å². The lowest BCUT2D eigenvalue weighted by Gasteiger charge is -1.98. The molecule has 0 amide bonds. The molecule has 0 saturated heterocycles. The third-order valence-electron chi connectivity index (χ3n) is 1.35. The van der Waals surface area contributed by atoms with Crippen molar-refractivity contribution < 1.29 is 9.53 Å². The summed E-state index contributed by atoms with van der Waals surface area (Å²) in [6.45, 7) is 0. The number of methoxy groups -OCH3 is 1. The van der Waals surface area contributed by atoms with Crippen LogP contribution < -0.4 is 5.56 Å². The first-order valence-corrected chi connectivity index (χ1v) is 4.23. The molecule has 0 spiro atoms. The molecule has 0 atom stereocenters. The van der Waals surface area contributed by atoms with Crippen LogP contribution in [0.25, 0.3) is 0 Å². The van der Waals surface area contributed by atoms with E-state index in [-0.39, 0.29) is 12.0 Å². The van der Waals surface area contributed by atoms with Crippen LogP contribution in [0.1, 0.15) is 5.82 Å². The molecule has 0 fully saturated rings. The average molecular weight is 247 g/mol. The Morgan fingerprint density at radius 1 is 1.77 bits per heavy atom. The van der Waals surface area contributed by atoms with Gasteiger partial charge in [-0.1, -0.05) is 0 Å². The molecule has 0 radical (unpaired) electrons. The van der Waals surface area contributed by atoms with E-state index in [2.05, 4.69) is 30.6 Å². The largest absolute Gasteiger partial charge is 0.469 e. The lowest BCUT2D eigenvalue weighted by Crippen LogP contribution is -2.15. The number of nitrogens with one attached hydrogen (secondary N) is 1. The van der Waals surface area contributed by atoms with E-state index >= 15 is 0 Å². The van der Waals surface area contributed by atoms with Gasteiger partial charge >= 0.3 is 5.97 Å². The van der Waals surface area contributed by atoms with Crippen molar-refractivity contribution in [3.05, 3.63) is 26.8 Å². The van der Waals surface area contributed by atoms with Gasteiger partial charge in [0.2, 0.25) is 0 Å². The Bertz CT molecular complexity index is 374. The molecule has 0 aromatic carbocycles. The van der Waals surface area contributed by atoms with Crippen molar-refractivity contribution in [1.29, 1.82) is 0 Å². The van der Waals surface area contributed by atoms with Crippen LogP contribution in [0.5, 0.6) is 0 Å². The highest BCUT2D eigenvalue weighted by Crippen LogP contribution is 1.99. The van der Waals surface area contributed by atoms with Crippen molar-refractivity contribution in [1.82, 2.24) is 9.97 Å². The van der Waals surface area contributed by atoms with E-state index in [9.17, 15) is 9.59 Å². The van der Waals surface area contributed by atoms with Gasteiger partial charge in [0.25, 0.3) is 5.56 Å². The number of esters is 1. The van der Waals surface area contributed by atoms with Crippen LogP contribution in [-0.2, 0) is 16.0 Å². The zero-order valence-electron chi connectivity index (χ0n) is 6.83. The molecular weight excluding hydrogens is 240 g/mol. The van der Waals surface area contributed by atoms with E-state index in [0.717, 1.165) is 0 Å². The summed E-state index contributed by atoms with van der Waals surface area (Å²) in [4.78, 5) is 28.0. The number of aromatic amines is 1. The van der Waals surface area contributed by atoms with Gasteiger partial charge in [-0.25, -0.2) is 4.98 Å². The molecule has 6 heteroatoms. The maximum Gasteiger partial charge on any atom is 0.313 e. The third kappa shape index (κ3) is 2.66. The molecule has 0 aliphatic rings. The third-order valence-corrected chi connectivity index (χ3v) is 1.91. The molecule has 5 nitrogen and oxygen atoms in total. The molecule has 1 rings (SSSR count). The number of hydrogen-bond acceptors (Lipinski definition) is 4. The van der Waals surface area contributed by atoms with Gasteiger partial charge in [0.15, 0.2) is 0 Å². The van der Waals surface area contributed by atoms with Gasteiger partial charge in [-0.15, -0.1) is 0 Å². The number of ether oxygens (including phenoxy) is 1. The second kappa shape index (κ2) is 4.18. The number of nitrogens with zero attached hydrogens (tertiary/aromatic N) is 1. The number of halogens is 1.